The first kappa shape index (κ1) is 19.2. The lowest BCUT2D eigenvalue weighted by Crippen LogP contribution is -2.30. The van der Waals surface area contributed by atoms with Crippen molar-refractivity contribution in [3.8, 4) is 0 Å². The second-order valence-corrected chi connectivity index (χ2v) is 8.84. The number of benzene rings is 2. The smallest absolute Gasteiger partial charge is 0.0595 e. The van der Waals surface area contributed by atoms with E-state index in [1.807, 2.05) is 18.2 Å². The van der Waals surface area contributed by atoms with Crippen LogP contribution in [0.2, 0.25) is 10.0 Å². The second-order valence-electron chi connectivity index (χ2n) is 8.03. The molecule has 0 radical (unpaired) electrons. The van der Waals surface area contributed by atoms with Crippen LogP contribution in [-0.4, -0.2) is 42.5 Å². The molecule has 0 aliphatic carbocycles. The minimum atomic E-state index is 0.137. The summed E-state index contributed by atoms with van der Waals surface area (Å²) in [4.78, 5) is 5.16. The van der Waals surface area contributed by atoms with E-state index in [0.717, 1.165) is 31.3 Å². The molecule has 2 aliphatic heterocycles. The van der Waals surface area contributed by atoms with Gasteiger partial charge in [0.05, 0.1) is 10.0 Å². The molecule has 3 nitrogen and oxygen atoms in total. The fourth-order valence-electron chi connectivity index (χ4n) is 4.58. The van der Waals surface area contributed by atoms with Crippen LogP contribution in [0.1, 0.15) is 23.6 Å². The van der Waals surface area contributed by atoms with E-state index in [2.05, 4.69) is 40.1 Å². The number of nitrogens with two attached hydrogens (primary N) is 1. The normalized spacial score (nSPS) is 24.3. The average Bonchev–Trinajstić information content (AvgIpc) is 3.21. The van der Waals surface area contributed by atoms with Crippen LogP contribution in [0.25, 0.3) is 0 Å². The van der Waals surface area contributed by atoms with Crippen molar-refractivity contribution in [3.05, 3.63) is 69.7 Å². The standard InChI is InChI=1S/C22H27Cl2N3/c23-20-7-6-16(10-21(20)24)11-27-14-18-12-26(13-19(18)15-27)9-8-22(25)17-4-2-1-3-5-17/h1-7,10,18-19,22H,8-9,11-15,25H2/t18?,19?,22-/m0/s1. The molecule has 0 aromatic heterocycles. The summed E-state index contributed by atoms with van der Waals surface area (Å²) in [5.74, 6) is 1.56. The molecule has 5 heteroatoms. The lowest BCUT2D eigenvalue weighted by atomic mass is 10.0. The van der Waals surface area contributed by atoms with Crippen molar-refractivity contribution >= 4 is 23.2 Å². The van der Waals surface area contributed by atoms with Crippen LogP contribution >= 0.6 is 23.2 Å². The number of rotatable bonds is 6. The highest BCUT2D eigenvalue weighted by molar-refractivity contribution is 6.42. The Morgan fingerprint density at radius 2 is 1.56 bits per heavy atom. The highest BCUT2D eigenvalue weighted by atomic mass is 35.5. The Kier molecular flexibility index (Phi) is 6.05. The Hall–Kier alpha value is -1.10. The zero-order valence-corrected chi connectivity index (χ0v) is 17.0. The first-order valence-corrected chi connectivity index (χ1v) is 10.5. The SMILES string of the molecule is N[C@@H](CCN1CC2CN(Cc3ccc(Cl)c(Cl)c3)CC2C1)c1ccccc1. The van der Waals surface area contributed by atoms with Gasteiger partial charge in [0.25, 0.3) is 0 Å². The summed E-state index contributed by atoms with van der Waals surface area (Å²) < 4.78 is 0. The fourth-order valence-corrected chi connectivity index (χ4v) is 4.90. The monoisotopic (exact) mass is 403 g/mol. The van der Waals surface area contributed by atoms with Crippen molar-refractivity contribution in [1.82, 2.24) is 9.80 Å². The zero-order chi connectivity index (χ0) is 18.8. The molecule has 144 valence electrons. The predicted octanol–water partition coefficient (Wildman–Crippen LogP) is 4.45. The molecule has 2 N–H and O–H groups in total. The number of likely N-dealkylation sites (tertiary alicyclic amines) is 2. The van der Waals surface area contributed by atoms with Crippen LogP contribution < -0.4 is 5.73 Å². The van der Waals surface area contributed by atoms with E-state index in [1.54, 1.807) is 0 Å². The molecular weight excluding hydrogens is 377 g/mol. The minimum Gasteiger partial charge on any atom is -0.324 e. The number of halogens is 2. The van der Waals surface area contributed by atoms with Gasteiger partial charge in [-0.15, -0.1) is 0 Å². The molecule has 2 heterocycles. The maximum atomic E-state index is 6.36. The lowest BCUT2D eigenvalue weighted by molar-refractivity contribution is 0.246. The van der Waals surface area contributed by atoms with Gasteiger partial charge in [-0.3, -0.25) is 4.90 Å². The van der Waals surface area contributed by atoms with E-state index in [9.17, 15) is 0 Å². The molecule has 2 fully saturated rings. The van der Waals surface area contributed by atoms with E-state index >= 15 is 0 Å². The van der Waals surface area contributed by atoms with E-state index in [-0.39, 0.29) is 6.04 Å². The molecule has 2 saturated heterocycles. The summed E-state index contributed by atoms with van der Waals surface area (Å²) in [6.45, 7) is 6.80. The number of nitrogens with zero attached hydrogens (tertiary/aromatic N) is 2. The summed E-state index contributed by atoms with van der Waals surface area (Å²) in [6, 6.07) is 16.5. The van der Waals surface area contributed by atoms with Crippen molar-refractivity contribution in [2.75, 3.05) is 32.7 Å². The van der Waals surface area contributed by atoms with Gasteiger partial charge in [0.15, 0.2) is 0 Å². The Morgan fingerprint density at radius 1 is 0.889 bits per heavy atom. The van der Waals surface area contributed by atoms with Gasteiger partial charge in [-0.05, 0) is 48.1 Å². The first-order chi connectivity index (χ1) is 13.1. The van der Waals surface area contributed by atoms with Gasteiger partial charge in [0.2, 0.25) is 0 Å². The Bertz CT molecular complexity index is 753. The van der Waals surface area contributed by atoms with Crippen molar-refractivity contribution in [3.63, 3.8) is 0 Å². The highest BCUT2D eigenvalue weighted by Gasteiger charge is 2.39. The van der Waals surface area contributed by atoms with Crippen molar-refractivity contribution in [1.29, 1.82) is 0 Å². The van der Waals surface area contributed by atoms with Gasteiger partial charge in [-0.25, -0.2) is 0 Å². The van der Waals surface area contributed by atoms with Gasteiger partial charge >= 0.3 is 0 Å². The lowest BCUT2D eigenvalue weighted by Gasteiger charge is -2.23. The van der Waals surface area contributed by atoms with E-state index in [1.165, 1.54) is 37.3 Å². The predicted molar refractivity (Wildman–Crippen MR) is 113 cm³/mol. The van der Waals surface area contributed by atoms with Crippen LogP contribution in [-0.2, 0) is 6.54 Å². The molecule has 2 aromatic carbocycles. The minimum absolute atomic E-state index is 0.137. The zero-order valence-electron chi connectivity index (χ0n) is 15.5. The van der Waals surface area contributed by atoms with E-state index < -0.39 is 0 Å². The van der Waals surface area contributed by atoms with Gasteiger partial charge < -0.3 is 10.6 Å². The largest absolute Gasteiger partial charge is 0.324 e. The van der Waals surface area contributed by atoms with Gasteiger partial charge in [0.1, 0.15) is 0 Å². The summed E-state index contributed by atoms with van der Waals surface area (Å²) in [7, 11) is 0. The van der Waals surface area contributed by atoms with Gasteiger partial charge in [0, 0.05) is 38.8 Å². The number of hydrogen-bond donors (Lipinski definition) is 1. The maximum absolute atomic E-state index is 6.36. The Labute approximate surface area is 172 Å². The second kappa shape index (κ2) is 8.50. The molecule has 4 rings (SSSR count). The quantitative estimate of drug-likeness (QED) is 0.772. The molecular formula is C22H27Cl2N3. The third kappa shape index (κ3) is 4.67. The van der Waals surface area contributed by atoms with Crippen LogP contribution in [0.5, 0.6) is 0 Å². The topological polar surface area (TPSA) is 32.5 Å². The van der Waals surface area contributed by atoms with Gasteiger partial charge in [-0.2, -0.15) is 0 Å². The van der Waals surface area contributed by atoms with Crippen LogP contribution in [0, 0.1) is 11.8 Å². The van der Waals surface area contributed by atoms with Crippen molar-refractivity contribution < 1.29 is 0 Å². The third-order valence-corrected chi connectivity index (χ3v) is 6.75. The van der Waals surface area contributed by atoms with E-state index in [4.69, 9.17) is 28.9 Å². The van der Waals surface area contributed by atoms with Crippen molar-refractivity contribution in [2.24, 2.45) is 17.6 Å². The number of fused-ring (bicyclic) bond motifs is 1. The molecule has 0 bridgehead atoms. The number of hydrogen-bond acceptors (Lipinski definition) is 3. The molecule has 2 aliphatic rings. The summed E-state index contributed by atoms with van der Waals surface area (Å²) in [5.41, 5.74) is 8.85. The molecule has 2 aromatic rings. The molecule has 2 unspecified atom stereocenters. The fraction of sp³-hybridized carbons (Fsp3) is 0.455. The van der Waals surface area contributed by atoms with E-state index in [0.29, 0.717) is 10.0 Å². The first-order valence-electron chi connectivity index (χ1n) is 9.77. The summed E-state index contributed by atoms with van der Waals surface area (Å²) in [5, 5.41) is 1.28. The molecule has 3 atom stereocenters. The van der Waals surface area contributed by atoms with Crippen LogP contribution in [0.15, 0.2) is 48.5 Å². The summed E-state index contributed by atoms with van der Waals surface area (Å²) >= 11 is 12.2. The van der Waals surface area contributed by atoms with Gasteiger partial charge in [-0.1, -0.05) is 59.6 Å². The molecule has 0 saturated carbocycles. The maximum Gasteiger partial charge on any atom is 0.0595 e. The molecule has 27 heavy (non-hydrogen) atoms. The molecule has 0 spiro atoms. The highest BCUT2D eigenvalue weighted by Crippen LogP contribution is 2.33. The molecule has 0 amide bonds. The third-order valence-electron chi connectivity index (χ3n) is 6.01. The van der Waals surface area contributed by atoms with Crippen LogP contribution in [0.3, 0.4) is 0 Å². The Morgan fingerprint density at radius 3 is 2.22 bits per heavy atom. The Balaban J connectivity index is 1.24. The average molecular weight is 404 g/mol. The van der Waals surface area contributed by atoms with Crippen LogP contribution in [0.4, 0.5) is 0 Å². The summed E-state index contributed by atoms with van der Waals surface area (Å²) in [6.07, 6.45) is 1.02. The van der Waals surface area contributed by atoms with Crippen molar-refractivity contribution in [2.45, 2.75) is 19.0 Å².